The molecule has 2 aliphatic heterocycles. The number of aromatic nitrogens is 1. The van der Waals surface area contributed by atoms with Gasteiger partial charge in [0.1, 0.15) is 6.07 Å². The Hall–Kier alpha value is -2.25. The van der Waals surface area contributed by atoms with E-state index in [0.29, 0.717) is 44.8 Å². The molecule has 8 nitrogen and oxygen atoms in total. The molecule has 1 aromatic heterocycles. The minimum Gasteiger partial charge on any atom is -0.367 e. The van der Waals surface area contributed by atoms with Crippen molar-refractivity contribution >= 4 is 26.8 Å². The van der Waals surface area contributed by atoms with Crippen molar-refractivity contribution in [3.8, 4) is 6.07 Å². The summed E-state index contributed by atoms with van der Waals surface area (Å²) in [5, 5.41) is 10.5. The van der Waals surface area contributed by atoms with Gasteiger partial charge < -0.3 is 9.80 Å². The average Bonchev–Trinajstić information content (AvgIpc) is 2.73. The molecule has 0 radical (unpaired) electrons. The molecule has 0 N–H and O–H groups in total. The number of likely N-dealkylation sites (N-methyl/N-ethyl adjacent to an activating group) is 1. The lowest BCUT2D eigenvalue weighted by Crippen LogP contribution is -2.56. The number of hydrogen-bond acceptors (Lipinski definition) is 6. The van der Waals surface area contributed by atoms with Crippen LogP contribution in [-0.4, -0.2) is 86.3 Å². The number of hydrogen-bond donors (Lipinski definition) is 0. The zero-order chi connectivity index (χ0) is 19.7. The van der Waals surface area contributed by atoms with Crippen LogP contribution in [0.4, 0.5) is 5.69 Å². The Bertz CT molecular complexity index is 1000. The third-order valence-corrected chi connectivity index (χ3v) is 7.57. The maximum absolute atomic E-state index is 13.0. The minimum absolute atomic E-state index is 0.413. The van der Waals surface area contributed by atoms with Crippen LogP contribution in [0.3, 0.4) is 0 Å². The van der Waals surface area contributed by atoms with Crippen LogP contribution in [0.2, 0.25) is 0 Å². The van der Waals surface area contributed by atoms with Gasteiger partial charge in [-0.1, -0.05) is 18.2 Å². The van der Waals surface area contributed by atoms with Gasteiger partial charge in [0.2, 0.25) is 0 Å². The lowest BCUT2D eigenvalue weighted by Gasteiger charge is -2.40. The summed E-state index contributed by atoms with van der Waals surface area (Å²) in [7, 11) is -1.43. The first-order valence-corrected chi connectivity index (χ1v) is 10.9. The van der Waals surface area contributed by atoms with E-state index in [0.717, 1.165) is 29.7 Å². The van der Waals surface area contributed by atoms with Crippen LogP contribution in [0.1, 0.15) is 5.56 Å². The summed E-state index contributed by atoms with van der Waals surface area (Å²) in [5.74, 6) is 0. The van der Waals surface area contributed by atoms with E-state index in [4.69, 9.17) is 0 Å². The van der Waals surface area contributed by atoms with Crippen molar-refractivity contribution in [2.75, 3.05) is 64.3 Å². The summed E-state index contributed by atoms with van der Waals surface area (Å²) in [4.78, 5) is 8.61. The van der Waals surface area contributed by atoms with E-state index < -0.39 is 10.2 Å². The first-order valence-electron chi connectivity index (χ1n) is 9.47. The van der Waals surface area contributed by atoms with Crippen LogP contribution in [0.5, 0.6) is 0 Å². The molecule has 1 aromatic carbocycles. The largest absolute Gasteiger partial charge is 0.367 e. The van der Waals surface area contributed by atoms with Crippen molar-refractivity contribution in [3.05, 3.63) is 36.0 Å². The van der Waals surface area contributed by atoms with Gasteiger partial charge in [0, 0.05) is 63.9 Å². The van der Waals surface area contributed by atoms with E-state index >= 15 is 0 Å². The number of anilines is 1. The highest BCUT2D eigenvalue weighted by atomic mass is 32.2. The Labute approximate surface area is 165 Å². The van der Waals surface area contributed by atoms with Crippen molar-refractivity contribution < 1.29 is 8.42 Å². The third kappa shape index (κ3) is 3.44. The maximum Gasteiger partial charge on any atom is 0.282 e. The average molecular weight is 401 g/mol. The fourth-order valence-electron chi connectivity index (χ4n) is 3.87. The van der Waals surface area contributed by atoms with Crippen molar-refractivity contribution in [1.82, 2.24) is 18.5 Å². The summed E-state index contributed by atoms with van der Waals surface area (Å²) in [5.41, 5.74) is 2.21. The predicted octanol–water partition coefficient (Wildman–Crippen LogP) is 0.721. The zero-order valence-corrected chi connectivity index (χ0v) is 16.8. The fourth-order valence-corrected chi connectivity index (χ4v) is 5.45. The second-order valence-corrected chi connectivity index (χ2v) is 9.17. The Kier molecular flexibility index (Phi) is 5.21. The molecular formula is C19H24N6O2S. The number of nitriles is 1. The molecule has 0 atom stereocenters. The number of rotatable bonds is 3. The van der Waals surface area contributed by atoms with E-state index in [-0.39, 0.29) is 0 Å². The van der Waals surface area contributed by atoms with Crippen LogP contribution in [-0.2, 0) is 10.2 Å². The van der Waals surface area contributed by atoms with Crippen molar-refractivity contribution in [3.63, 3.8) is 0 Å². The SMILES string of the molecule is CN1CCN(S(=O)(=O)N2CCN(c3c(C#N)cnc4ccccc34)CC2)CC1. The highest BCUT2D eigenvalue weighted by Crippen LogP contribution is 2.30. The summed E-state index contributed by atoms with van der Waals surface area (Å²) in [6.07, 6.45) is 1.60. The molecule has 148 valence electrons. The molecule has 0 unspecified atom stereocenters. The first-order chi connectivity index (χ1) is 13.5. The molecule has 0 aliphatic carbocycles. The van der Waals surface area contributed by atoms with Gasteiger partial charge in [0.05, 0.1) is 16.8 Å². The van der Waals surface area contributed by atoms with Gasteiger partial charge in [-0.3, -0.25) is 4.98 Å². The summed E-state index contributed by atoms with van der Waals surface area (Å²) in [6, 6.07) is 9.98. The van der Waals surface area contributed by atoms with Gasteiger partial charge in [-0.15, -0.1) is 0 Å². The number of nitrogens with zero attached hydrogens (tertiary/aromatic N) is 6. The molecule has 4 rings (SSSR count). The molecule has 2 aliphatic rings. The highest BCUT2D eigenvalue weighted by molar-refractivity contribution is 7.86. The molecule has 2 saturated heterocycles. The molecule has 3 heterocycles. The van der Waals surface area contributed by atoms with Crippen molar-refractivity contribution in [2.45, 2.75) is 0 Å². The number of para-hydroxylation sites is 1. The molecule has 2 aromatic rings. The molecule has 9 heteroatoms. The molecule has 28 heavy (non-hydrogen) atoms. The zero-order valence-electron chi connectivity index (χ0n) is 16.0. The van der Waals surface area contributed by atoms with Gasteiger partial charge >= 0.3 is 0 Å². The van der Waals surface area contributed by atoms with Gasteiger partial charge in [-0.2, -0.15) is 22.3 Å². The van der Waals surface area contributed by atoms with Gasteiger partial charge in [0.25, 0.3) is 10.2 Å². The standard InChI is InChI=1S/C19H24N6O2S/c1-22-6-10-24(11-7-22)28(26,27)25-12-8-23(9-13-25)19-16(14-20)15-21-18-5-3-2-4-17(18)19/h2-5,15H,6-13H2,1H3. The molecule has 0 spiro atoms. The van der Waals surface area contributed by atoms with Gasteiger partial charge in [-0.25, -0.2) is 0 Å². The number of fused-ring (bicyclic) bond motifs is 1. The van der Waals surface area contributed by atoms with E-state index in [9.17, 15) is 13.7 Å². The van der Waals surface area contributed by atoms with Gasteiger partial charge in [-0.05, 0) is 13.1 Å². The van der Waals surface area contributed by atoms with E-state index in [1.165, 1.54) is 0 Å². The quantitative estimate of drug-likeness (QED) is 0.755. The minimum atomic E-state index is -3.44. The highest BCUT2D eigenvalue weighted by Gasteiger charge is 2.34. The first kappa shape index (κ1) is 19.1. The summed E-state index contributed by atoms with van der Waals surface area (Å²) in [6.45, 7) is 4.51. The van der Waals surface area contributed by atoms with Crippen LogP contribution < -0.4 is 4.90 Å². The second-order valence-electron chi connectivity index (χ2n) is 7.25. The topological polar surface area (TPSA) is 83.8 Å². The van der Waals surface area contributed by atoms with Crippen LogP contribution in [0, 0.1) is 11.3 Å². The van der Waals surface area contributed by atoms with Crippen LogP contribution >= 0.6 is 0 Å². The van der Waals surface area contributed by atoms with Crippen LogP contribution in [0.15, 0.2) is 30.5 Å². The van der Waals surface area contributed by atoms with E-state index in [1.54, 1.807) is 14.8 Å². The van der Waals surface area contributed by atoms with E-state index in [2.05, 4.69) is 20.9 Å². The second kappa shape index (κ2) is 7.64. The molecule has 0 amide bonds. The third-order valence-electron chi connectivity index (χ3n) is 5.54. The molecule has 2 fully saturated rings. The lowest BCUT2D eigenvalue weighted by atomic mass is 10.1. The number of piperazine rings is 2. The van der Waals surface area contributed by atoms with Crippen molar-refractivity contribution in [2.24, 2.45) is 0 Å². The lowest BCUT2D eigenvalue weighted by molar-refractivity contribution is 0.210. The monoisotopic (exact) mass is 400 g/mol. The number of benzene rings is 1. The summed E-state index contributed by atoms with van der Waals surface area (Å²) >= 11 is 0. The Morgan fingerprint density at radius 2 is 1.57 bits per heavy atom. The maximum atomic E-state index is 13.0. The molecule has 0 saturated carbocycles. The smallest absolute Gasteiger partial charge is 0.282 e. The Morgan fingerprint density at radius 1 is 0.964 bits per heavy atom. The van der Waals surface area contributed by atoms with Gasteiger partial charge in [0.15, 0.2) is 0 Å². The summed E-state index contributed by atoms with van der Waals surface area (Å²) < 4.78 is 29.1. The van der Waals surface area contributed by atoms with Crippen molar-refractivity contribution in [1.29, 1.82) is 5.26 Å². The van der Waals surface area contributed by atoms with Crippen LogP contribution in [0.25, 0.3) is 10.9 Å². The van der Waals surface area contributed by atoms with E-state index in [1.807, 2.05) is 31.3 Å². The molecular weight excluding hydrogens is 376 g/mol. The predicted molar refractivity (Wildman–Crippen MR) is 108 cm³/mol. The Balaban J connectivity index is 1.54. The molecule has 0 bridgehead atoms. The fraction of sp³-hybridized carbons (Fsp3) is 0.474. The number of pyridine rings is 1. The Morgan fingerprint density at radius 3 is 2.21 bits per heavy atom. The normalized spacial score (nSPS) is 20.4.